The average molecular weight is 395 g/mol. The largest absolute Gasteiger partial charge is 0.444 e. The van der Waals surface area contributed by atoms with Crippen LogP contribution in [-0.2, 0) is 25.7 Å². The topological polar surface area (TPSA) is 82.1 Å². The van der Waals surface area contributed by atoms with Crippen molar-refractivity contribution in [3.63, 3.8) is 0 Å². The third-order valence-corrected chi connectivity index (χ3v) is 4.21. The summed E-state index contributed by atoms with van der Waals surface area (Å²) < 4.78 is 15.8. The normalized spacial score (nSPS) is 15.8. The summed E-state index contributed by atoms with van der Waals surface area (Å²) in [6.45, 7) is 1.32. The second-order valence-corrected chi connectivity index (χ2v) is 6.43. The quantitative estimate of drug-likeness (QED) is 0.566. The third-order valence-electron chi connectivity index (χ3n) is 4.21. The molecule has 2 aromatic rings. The molecule has 0 bridgehead atoms. The number of benzene rings is 2. The Morgan fingerprint density at radius 2 is 1.62 bits per heavy atom. The first-order valence-corrected chi connectivity index (χ1v) is 9.18. The molecule has 2 aromatic carbocycles. The van der Waals surface area contributed by atoms with E-state index in [0.29, 0.717) is 12.2 Å². The van der Waals surface area contributed by atoms with E-state index in [1.165, 1.54) is 13.1 Å². The van der Waals surface area contributed by atoms with Crippen LogP contribution in [0.15, 0.2) is 72.6 Å². The van der Waals surface area contributed by atoms with Crippen LogP contribution >= 0.6 is 0 Å². The lowest BCUT2D eigenvalue weighted by atomic mass is 10.1. The lowest BCUT2D eigenvalue weighted by Crippen LogP contribution is -2.46. The molecule has 1 heterocycles. The minimum absolute atomic E-state index is 0.0490. The highest BCUT2D eigenvalue weighted by Gasteiger charge is 2.35. The summed E-state index contributed by atoms with van der Waals surface area (Å²) >= 11 is 0. The molecule has 0 N–H and O–H groups in total. The van der Waals surface area contributed by atoms with Crippen LogP contribution in [0.3, 0.4) is 0 Å². The zero-order chi connectivity index (χ0) is 20.6. The summed E-state index contributed by atoms with van der Waals surface area (Å²) in [5.41, 5.74) is 0.811. The number of esters is 2. The van der Waals surface area contributed by atoms with Crippen molar-refractivity contribution in [2.45, 2.75) is 32.4 Å². The second kappa shape index (κ2) is 9.54. The molecular formula is C22H21NO6. The number of allylic oxidation sites excluding steroid dienone is 1. The first-order chi connectivity index (χ1) is 14.0. The number of hydrogen-bond donors (Lipinski definition) is 0. The maximum Gasteiger partial charge on any atom is 0.415 e. The average Bonchev–Trinajstić information content (AvgIpc) is 2.73. The lowest BCUT2D eigenvalue weighted by Gasteiger charge is -2.30. The Bertz CT molecular complexity index is 894. The summed E-state index contributed by atoms with van der Waals surface area (Å²) in [6, 6.07) is 16.9. The van der Waals surface area contributed by atoms with Crippen LogP contribution in [-0.4, -0.2) is 29.0 Å². The van der Waals surface area contributed by atoms with Crippen molar-refractivity contribution in [1.82, 2.24) is 4.90 Å². The van der Waals surface area contributed by atoms with Crippen molar-refractivity contribution in [2.75, 3.05) is 0 Å². The maximum atomic E-state index is 12.7. The molecule has 0 saturated heterocycles. The molecule has 0 radical (unpaired) electrons. The highest BCUT2D eigenvalue weighted by Crippen LogP contribution is 2.25. The standard InChI is InChI=1S/C22H21NO6/c1-16(24)28-19-12-13-20(21(25)29-18-10-6-3-7-11-18)23(14-19)22(26)27-15-17-8-4-2-5-9-17/h2-11,14,20H,12-13,15H2,1H3/t20-/m0/s1. The number of carbonyl (C=O) groups is 3. The summed E-state index contributed by atoms with van der Waals surface area (Å²) in [7, 11) is 0. The van der Waals surface area contributed by atoms with E-state index >= 15 is 0 Å². The van der Waals surface area contributed by atoms with Gasteiger partial charge in [0, 0.05) is 19.5 Å². The van der Waals surface area contributed by atoms with E-state index < -0.39 is 24.1 Å². The predicted molar refractivity (Wildman–Crippen MR) is 103 cm³/mol. The Kier molecular flexibility index (Phi) is 6.63. The minimum Gasteiger partial charge on any atom is -0.444 e. The second-order valence-electron chi connectivity index (χ2n) is 6.43. The SMILES string of the molecule is CC(=O)OC1=CN(C(=O)OCc2ccccc2)[C@H](C(=O)Oc2ccccc2)CC1. The number of amides is 1. The molecule has 7 nitrogen and oxygen atoms in total. The van der Waals surface area contributed by atoms with Gasteiger partial charge in [0.2, 0.25) is 0 Å². The van der Waals surface area contributed by atoms with Crippen LogP contribution in [0.25, 0.3) is 0 Å². The number of nitrogens with zero attached hydrogens (tertiary/aromatic N) is 1. The van der Waals surface area contributed by atoms with E-state index in [1.807, 2.05) is 30.3 Å². The zero-order valence-electron chi connectivity index (χ0n) is 15.9. The molecule has 150 valence electrons. The highest BCUT2D eigenvalue weighted by molar-refractivity contribution is 5.84. The Hall–Kier alpha value is -3.61. The Balaban J connectivity index is 1.74. The van der Waals surface area contributed by atoms with Crippen LogP contribution in [0.4, 0.5) is 4.79 Å². The molecule has 29 heavy (non-hydrogen) atoms. The first kappa shape index (κ1) is 20.1. The number of para-hydroxylation sites is 1. The van der Waals surface area contributed by atoms with Crippen molar-refractivity contribution < 1.29 is 28.6 Å². The van der Waals surface area contributed by atoms with Gasteiger partial charge in [0.05, 0.1) is 0 Å². The molecule has 1 aliphatic rings. The maximum absolute atomic E-state index is 12.7. The van der Waals surface area contributed by atoms with E-state index in [0.717, 1.165) is 10.5 Å². The van der Waals surface area contributed by atoms with Crippen molar-refractivity contribution >= 4 is 18.0 Å². The lowest BCUT2D eigenvalue weighted by molar-refractivity contribution is -0.140. The monoisotopic (exact) mass is 395 g/mol. The summed E-state index contributed by atoms with van der Waals surface area (Å²) in [4.78, 5) is 37.7. The smallest absolute Gasteiger partial charge is 0.415 e. The van der Waals surface area contributed by atoms with Gasteiger partial charge in [0.1, 0.15) is 24.2 Å². The molecule has 0 fully saturated rings. The number of rotatable bonds is 5. The fourth-order valence-electron chi connectivity index (χ4n) is 2.87. The molecule has 0 saturated carbocycles. The van der Waals surface area contributed by atoms with Gasteiger partial charge in [-0.1, -0.05) is 48.5 Å². The van der Waals surface area contributed by atoms with E-state index in [-0.39, 0.29) is 18.8 Å². The molecule has 0 aromatic heterocycles. The van der Waals surface area contributed by atoms with Gasteiger partial charge in [-0.2, -0.15) is 0 Å². The Morgan fingerprint density at radius 1 is 0.966 bits per heavy atom. The number of ether oxygens (including phenoxy) is 3. The molecule has 0 spiro atoms. The molecular weight excluding hydrogens is 374 g/mol. The number of carbonyl (C=O) groups excluding carboxylic acids is 3. The van der Waals surface area contributed by atoms with Gasteiger partial charge >= 0.3 is 18.0 Å². The molecule has 7 heteroatoms. The fourth-order valence-corrected chi connectivity index (χ4v) is 2.87. The molecule has 1 aliphatic heterocycles. The molecule has 0 unspecified atom stereocenters. The van der Waals surface area contributed by atoms with Crippen molar-refractivity contribution in [2.24, 2.45) is 0 Å². The Morgan fingerprint density at radius 3 is 2.28 bits per heavy atom. The number of hydrogen-bond acceptors (Lipinski definition) is 6. The van der Waals surface area contributed by atoms with Crippen LogP contribution in [0.5, 0.6) is 5.75 Å². The first-order valence-electron chi connectivity index (χ1n) is 9.18. The van der Waals surface area contributed by atoms with Crippen LogP contribution in [0.2, 0.25) is 0 Å². The summed E-state index contributed by atoms with van der Waals surface area (Å²) in [5, 5.41) is 0. The van der Waals surface area contributed by atoms with Gasteiger partial charge in [0.25, 0.3) is 0 Å². The highest BCUT2D eigenvalue weighted by atomic mass is 16.6. The van der Waals surface area contributed by atoms with E-state index in [4.69, 9.17) is 14.2 Å². The Labute approximate surface area is 168 Å². The van der Waals surface area contributed by atoms with Crippen molar-refractivity contribution in [1.29, 1.82) is 0 Å². The minimum atomic E-state index is -0.891. The summed E-state index contributed by atoms with van der Waals surface area (Å²) in [5.74, 6) is -0.423. The van der Waals surface area contributed by atoms with Gasteiger partial charge in [-0.3, -0.25) is 9.69 Å². The van der Waals surface area contributed by atoms with Gasteiger partial charge in [-0.05, 0) is 24.1 Å². The predicted octanol–water partition coefficient (Wildman–Crippen LogP) is 3.80. The van der Waals surface area contributed by atoms with Crippen molar-refractivity contribution in [3.05, 3.63) is 78.2 Å². The van der Waals surface area contributed by atoms with Gasteiger partial charge in [-0.15, -0.1) is 0 Å². The van der Waals surface area contributed by atoms with Gasteiger partial charge < -0.3 is 14.2 Å². The van der Waals surface area contributed by atoms with Crippen LogP contribution in [0, 0.1) is 0 Å². The molecule has 3 rings (SSSR count). The fraction of sp³-hybridized carbons (Fsp3) is 0.227. The van der Waals surface area contributed by atoms with Gasteiger partial charge in [0.15, 0.2) is 0 Å². The van der Waals surface area contributed by atoms with E-state index in [9.17, 15) is 14.4 Å². The summed E-state index contributed by atoms with van der Waals surface area (Å²) in [6.07, 6.45) is 1.16. The molecule has 1 atom stereocenters. The van der Waals surface area contributed by atoms with Crippen LogP contribution in [0.1, 0.15) is 25.3 Å². The van der Waals surface area contributed by atoms with E-state index in [2.05, 4.69) is 0 Å². The van der Waals surface area contributed by atoms with Crippen LogP contribution < -0.4 is 4.74 Å². The molecule has 1 amide bonds. The molecule has 0 aliphatic carbocycles. The van der Waals surface area contributed by atoms with E-state index in [1.54, 1.807) is 30.3 Å². The van der Waals surface area contributed by atoms with Crippen molar-refractivity contribution in [3.8, 4) is 5.75 Å². The van der Waals surface area contributed by atoms with Gasteiger partial charge in [-0.25, -0.2) is 9.59 Å². The zero-order valence-corrected chi connectivity index (χ0v) is 15.9. The third kappa shape index (κ3) is 5.68.